The van der Waals surface area contributed by atoms with Crippen molar-refractivity contribution in [1.29, 1.82) is 0 Å². The molecule has 0 amide bonds. The van der Waals surface area contributed by atoms with Gasteiger partial charge in [0.25, 0.3) is 0 Å². The summed E-state index contributed by atoms with van der Waals surface area (Å²) in [5.41, 5.74) is 2.45. The predicted octanol–water partition coefficient (Wildman–Crippen LogP) is 4.24. The SMILES string of the molecule is COc1ccc(C(C)C)cc1C=CCC[C@@H](C)CO. The highest BCUT2D eigenvalue weighted by Gasteiger charge is 2.04. The van der Waals surface area contributed by atoms with Crippen molar-refractivity contribution in [3.8, 4) is 5.75 Å². The summed E-state index contributed by atoms with van der Waals surface area (Å²) in [5.74, 6) is 1.80. The summed E-state index contributed by atoms with van der Waals surface area (Å²) in [7, 11) is 1.70. The fourth-order valence-electron chi connectivity index (χ4n) is 1.92. The van der Waals surface area contributed by atoms with E-state index in [9.17, 15) is 0 Å². The summed E-state index contributed by atoms with van der Waals surface area (Å²) in [6.07, 6.45) is 6.28. The number of benzene rings is 1. The molecule has 1 N–H and O–H groups in total. The monoisotopic (exact) mass is 262 g/mol. The van der Waals surface area contributed by atoms with Gasteiger partial charge in [-0.15, -0.1) is 0 Å². The number of hydrogen-bond acceptors (Lipinski definition) is 2. The van der Waals surface area contributed by atoms with Crippen LogP contribution in [0.4, 0.5) is 0 Å². The fraction of sp³-hybridized carbons (Fsp3) is 0.529. The van der Waals surface area contributed by atoms with Crippen molar-refractivity contribution in [2.75, 3.05) is 13.7 Å². The van der Waals surface area contributed by atoms with E-state index in [2.05, 4.69) is 45.1 Å². The van der Waals surface area contributed by atoms with E-state index in [4.69, 9.17) is 9.84 Å². The number of rotatable bonds is 7. The summed E-state index contributed by atoms with van der Waals surface area (Å²) in [6.45, 7) is 6.71. The molecule has 2 nitrogen and oxygen atoms in total. The van der Waals surface area contributed by atoms with E-state index in [1.54, 1.807) is 7.11 Å². The van der Waals surface area contributed by atoms with E-state index in [-0.39, 0.29) is 6.61 Å². The first-order chi connectivity index (χ1) is 9.08. The molecule has 0 aromatic heterocycles. The maximum atomic E-state index is 8.99. The fourth-order valence-corrected chi connectivity index (χ4v) is 1.92. The van der Waals surface area contributed by atoms with E-state index in [1.165, 1.54) is 5.56 Å². The molecule has 19 heavy (non-hydrogen) atoms. The molecular formula is C17H26O2. The Morgan fingerprint density at radius 3 is 2.58 bits per heavy atom. The van der Waals surface area contributed by atoms with Gasteiger partial charge in [0.2, 0.25) is 0 Å². The molecule has 0 spiro atoms. The Morgan fingerprint density at radius 2 is 2.00 bits per heavy atom. The molecule has 0 unspecified atom stereocenters. The Balaban J connectivity index is 2.74. The third-order valence-electron chi connectivity index (χ3n) is 3.36. The van der Waals surface area contributed by atoms with Crippen molar-refractivity contribution in [2.24, 2.45) is 5.92 Å². The van der Waals surface area contributed by atoms with Gasteiger partial charge in [-0.25, -0.2) is 0 Å². The topological polar surface area (TPSA) is 29.5 Å². The molecule has 0 aliphatic rings. The first kappa shape index (κ1) is 15.8. The van der Waals surface area contributed by atoms with E-state index in [0.717, 1.165) is 24.2 Å². The van der Waals surface area contributed by atoms with Crippen LogP contribution in [0.25, 0.3) is 6.08 Å². The quantitative estimate of drug-likeness (QED) is 0.796. The van der Waals surface area contributed by atoms with Crippen LogP contribution in [-0.4, -0.2) is 18.8 Å². The average Bonchev–Trinajstić information content (AvgIpc) is 2.42. The van der Waals surface area contributed by atoms with Crippen LogP contribution in [0.1, 0.15) is 50.7 Å². The van der Waals surface area contributed by atoms with Crippen molar-refractivity contribution < 1.29 is 9.84 Å². The maximum Gasteiger partial charge on any atom is 0.126 e. The van der Waals surface area contributed by atoms with Gasteiger partial charge in [0.15, 0.2) is 0 Å². The zero-order valence-corrected chi connectivity index (χ0v) is 12.5. The molecule has 2 heteroatoms. The van der Waals surface area contributed by atoms with E-state index in [1.807, 2.05) is 6.07 Å². The number of allylic oxidation sites excluding steroid dienone is 1. The lowest BCUT2D eigenvalue weighted by Gasteiger charge is -2.10. The van der Waals surface area contributed by atoms with Crippen LogP contribution in [0.5, 0.6) is 5.75 Å². The third kappa shape index (κ3) is 5.07. The van der Waals surface area contributed by atoms with Gasteiger partial charge in [-0.1, -0.05) is 39.0 Å². The van der Waals surface area contributed by atoms with E-state index < -0.39 is 0 Å². The molecule has 0 heterocycles. The minimum Gasteiger partial charge on any atom is -0.496 e. The summed E-state index contributed by atoms with van der Waals surface area (Å²) >= 11 is 0. The molecule has 0 radical (unpaired) electrons. The molecule has 1 atom stereocenters. The normalized spacial score (nSPS) is 13.2. The Labute approximate surface area is 117 Å². The van der Waals surface area contributed by atoms with Gasteiger partial charge in [-0.05, 0) is 42.4 Å². The van der Waals surface area contributed by atoms with Crippen LogP contribution in [0.15, 0.2) is 24.3 Å². The highest BCUT2D eigenvalue weighted by Crippen LogP contribution is 2.25. The highest BCUT2D eigenvalue weighted by molar-refractivity contribution is 5.58. The largest absolute Gasteiger partial charge is 0.496 e. The predicted molar refractivity (Wildman–Crippen MR) is 81.6 cm³/mol. The highest BCUT2D eigenvalue weighted by atomic mass is 16.5. The molecule has 0 bridgehead atoms. The van der Waals surface area contributed by atoms with Crippen LogP contribution in [0, 0.1) is 5.92 Å². The minimum atomic E-state index is 0.264. The summed E-state index contributed by atoms with van der Waals surface area (Å²) < 4.78 is 5.39. The molecule has 0 aliphatic carbocycles. The van der Waals surface area contributed by atoms with Gasteiger partial charge in [-0.3, -0.25) is 0 Å². The van der Waals surface area contributed by atoms with Crippen LogP contribution >= 0.6 is 0 Å². The van der Waals surface area contributed by atoms with Crippen LogP contribution in [-0.2, 0) is 0 Å². The number of ether oxygens (including phenoxy) is 1. The minimum absolute atomic E-state index is 0.264. The molecule has 1 aromatic carbocycles. The Hall–Kier alpha value is -1.28. The van der Waals surface area contributed by atoms with Crippen molar-refractivity contribution in [3.63, 3.8) is 0 Å². The Morgan fingerprint density at radius 1 is 1.26 bits per heavy atom. The standard InChI is InChI=1S/C17H26O2/c1-13(2)15-9-10-17(19-4)16(11-15)8-6-5-7-14(3)12-18/h6,8-11,13-14,18H,5,7,12H2,1-4H3/t14-/m1/s1. The van der Waals surface area contributed by atoms with Crippen molar-refractivity contribution in [3.05, 3.63) is 35.4 Å². The van der Waals surface area contributed by atoms with Crippen LogP contribution in [0.2, 0.25) is 0 Å². The van der Waals surface area contributed by atoms with Gasteiger partial charge in [0.05, 0.1) is 7.11 Å². The second-order valence-electron chi connectivity index (χ2n) is 5.42. The molecule has 0 aliphatic heterocycles. The third-order valence-corrected chi connectivity index (χ3v) is 3.36. The first-order valence-corrected chi connectivity index (χ1v) is 7.03. The zero-order valence-electron chi connectivity index (χ0n) is 12.5. The summed E-state index contributed by atoms with van der Waals surface area (Å²) in [4.78, 5) is 0. The number of methoxy groups -OCH3 is 1. The van der Waals surface area contributed by atoms with Gasteiger partial charge in [0, 0.05) is 12.2 Å². The van der Waals surface area contributed by atoms with Gasteiger partial charge in [-0.2, -0.15) is 0 Å². The average molecular weight is 262 g/mol. The van der Waals surface area contributed by atoms with Crippen molar-refractivity contribution in [1.82, 2.24) is 0 Å². The second kappa shape index (κ2) is 8.00. The van der Waals surface area contributed by atoms with Crippen molar-refractivity contribution >= 4 is 6.08 Å². The van der Waals surface area contributed by atoms with E-state index >= 15 is 0 Å². The number of aliphatic hydroxyl groups is 1. The second-order valence-corrected chi connectivity index (χ2v) is 5.42. The molecule has 0 saturated carbocycles. The molecule has 1 rings (SSSR count). The molecule has 0 saturated heterocycles. The first-order valence-electron chi connectivity index (χ1n) is 7.03. The lowest BCUT2D eigenvalue weighted by atomic mass is 9.99. The van der Waals surface area contributed by atoms with Gasteiger partial charge < -0.3 is 9.84 Å². The Bertz CT molecular complexity index is 408. The Kier molecular flexibility index (Phi) is 6.65. The molecule has 0 fully saturated rings. The lowest BCUT2D eigenvalue weighted by molar-refractivity contribution is 0.231. The number of hydrogen-bond donors (Lipinski definition) is 1. The van der Waals surface area contributed by atoms with Crippen LogP contribution in [0.3, 0.4) is 0 Å². The smallest absolute Gasteiger partial charge is 0.126 e. The van der Waals surface area contributed by atoms with Crippen LogP contribution < -0.4 is 4.74 Å². The van der Waals surface area contributed by atoms with Gasteiger partial charge >= 0.3 is 0 Å². The lowest BCUT2D eigenvalue weighted by Crippen LogP contribution is -1.98. The molecular weight excluding hydrogens is 236 g/mol. The maximum absolute atomic E-state index is 8.99. The number of aliphatic hydroxyl groups excluding tert-OH is 1. The van der Waals surface area contributed by atoms with Gasteiger partial charge in [0.1, 0.15) is 5.75 Å². The summed E-state index contributed by atoms with van der Waals surface area (Å²) in [6, 6.07) is 6.34. The molecule has 106 valence electrons. The van der Waals surface area contributed by atoms with Crippen molar-refractivity contribution in [2.45, 2.75) is 39.5 Å². The summed E-state index contributed by atoms with van der Waals surface area (Å²) in [5, 5.41) is 8.99. The van der Waals surface area contributed by atoms with E-state index in [0.29, 0.717) is 11.8 Å². The zero-order chi connectivity index (χ0) is 14.3. The molecule has 1 aromatic rings.